The normalized spacial score (nSPS) is 15.0. The number of carbonyl (C=O) groups is 1. The molecule has 1 aliphatic rings. The van der Waals surface area contributed by atoms with Gasteiger partial charge >= 0.3 is 0 Å². The van der Waals surface area contributed by atoms with Crippen molar-refractivity contribution in [2.45, 2.75) is 31.1 Å². The van der Waals surface area contributed by atoms with Gasteiger partial charge in [0.1, 0.15) is 5.75 Å². The van der Waals surface area contributed by atoms with Crippen molar-refractivity contribution in [3.63, 3.8) is 0 Å². The van der Waals surface area contributed by atoms with E-state index in [9.17, 15) is 13.2 Å². The fourth-order valence-corrected chi connectivity index (χ4v) is 4.18. The monoisotopic (exact) mass is 374 g/mol. The highest BCUT2D eigenvalue weighted by Gasteiger charge is 2.21. The highest BCUT2D eigenvalue weighted by atomic mass is 32.2. The third-order valence-corrected chi connectivity index (χ3v) is 5.79. The van der Waals surface area contributed by atoms with Gasteiger partial charge in [-0.3, -0.25) is 9.52 Å². The topological polar surface area (TPSA) is 75.7 Å². The van der Waals surface area contributed by atoms with Crippen molar-refractivity contribution >= 4 is 27.3 Å². The molecule has 0 aromatic heterocycles. The minimum absolute atomic E-state index is 0.0713. The lowest BCUT2D eigenvalue weighted by Crippen LogP contribution is -2.35. The predicted octanol–water partition coefficient (Wildman–Crippen LogP) is 3.32. The molecule has 1 heterocycles. The molecule has 138 valence electrons. The van der Waals surface area contributed by atoms with E-state index in [1.165, 1.54) is 6.07 Å². The fraction of sp³-hybridized carbons (Fsp3) is 0.316. The van der Waals surface area contributed by atoms with Crippen LogP contribution in [0.15, 0.2) is 47.4 Å². The molecule has 2 aromatic carbocycles. The van der Waals surface area contributed by atoms with Crippen molar-refractivity contribution in [1.82, 2.24) is 0 Å². The number of nitrogens with zero attached hydrogens (tertiary/aromatic N) is 1. The average molecular weight is 374 g/mol. The number of amides is 1. The van der Waals surface area contributed by atoms with Crippen LogP contribution in [0.2, 0.25) is 0 Å². The molecule has 0 aliphatic carbocycles. The van der Waals surface area contributed by atoms with Gasteiger partial charge < -0.3 is 9.64 Å². The van der Waals surface area contributed by atoms with Crippen LogP contribution in [0, 0.1) is 6.92 Å². The third kappa shape index (κ3) is 3.83. The van der Waals surface area contributed by atoms with E-state index in [1.54, 1.807) is 49.3 Å². The molecule has 0 radical (unpaired) electrons. The zero-order valence-corrected chi connectivity index (χ0v) is 15.7. The highest BCUT2D eigenvalue weighted by molar-refractivity contribution is 7.92. The van der Waals surface area contributed by atoms with E-state index in [1.807, 2.05) is 6.07 Å². The minimum Gasteiger partial charge on any atom is -0.496 e. The van der Waals surface area contributed by atoms with Crippen molar-refractivity contribution in [2.24, 2.45) is 0 Å². The molecule has 3 rings (SSSR count). The van der Waals surface area contributed by atoms with Gasteiger partial charge in [-0.15, -0.1) is 0 Å². The van der Waals surface area contributed by atoms with Crippen molar-refractivity contribution in [3.05, 3.63) is 48.0 Å². The molecule has 1 saturated heterocycles. The van der Waals surface area contributed by atoms with Crippen LogP contribution >= 0.6 is 0 Å². The Morgan fingerprint density at radius 2 is 1.92 bits per heavy atom. The number of nitrogens with one attached hydrogen (secondary N) is 1. The summed E-state index contributed by atoms with van der Waals surface area (Å²) in [5.41, 5.74) is 1.87. The number of piperidine rings is 1. The van der Waals surface area contributed by atoms with E-state index in [2.05, 4.69) is 4.72 Å². The summed E-state index contributed by atoms with van der Waals surface area (Å²) in [6.07, 6.45) is 2.38. The summed E-state index contributed by atoms with van der Waals surface area (Å²) < 4.78 is 33.1. The number of rotatable bonds is 5. The molecular formula is C19H22N2O4S. The van der Waals surface area contributed by atoms with Crippen molar-refractivity contribution in [1.29, 1.82) is 0 Å². The number of benzene rings is 2. The summed E-state index contributed by atoms with van der Waals surface area (Å²) in [5.74, 6) is 0.705. The summed E-state index contributed by atoms with van der Waals surface area (Å²) >= 11 is 0. The van der Waals surface area contributed by atoms with Gasteiger partial charge in [0.25, 0.3) is 10.0 Å². The van der Waals surface area contributed by atoms with Crippen LogP contribution in [0.25, 0.3) is 0 Å². The molecule has 0 bridgehead atoms. The molecule has 0 saturated carbocycles. The molecular weight excluding hydrogens is 352 g/mol. The van der Waals surface area contributed by atoms with Crippen LogP contribution in [0.1, 0.15) is 24.8 Å². The second-order valence-electron chi connectivity index (χ2n) is 6.29. The van der Waals surface area contributed by atoms with Crippen LogP contribution in [0.4, 0.5) is 11.4 Å². The summed E-state index contributed by atoms with van der Waals surface area (Å²) in [5, 5.41) is 0. The first-order valence-corrected chi connectivity index (χ1v) is 9.97. The lowest BCUT2D eigenvalue weighted by molar-refractivity contribution is -0.119. The average Bonchev–Trinajstić information content (AvgIpc) is 2.62. The number of hydrogen-bond donors (Lipinski definition) is 1. The van der Waals surface area contributed by atoms with Gasteiger partial charge in [0.2, 0.25) is 5.91 Å². The number of carbonyl (C=O) groups excluding carboxylic acids is 1. The van der Waals surface area contributed by atoms with Gasteiger partial charge in [0.05, 0.1) is 17.7 Å². The lowest BCUT2D eigenvalue weighted by Gasteiger charge is -2.27. The molecule has 2 aromatic rings. The second-order valence-corrected chi connectivity index (χ2v) is 7.97. The number of methoxy groups -OCH3 is 1. The number of anilines is 2. The van der Waals surface area contributed by atoms with Crippen LogP contribution < -0.4 is 14.4 Å². The Kier molecular flexibility index (Phi) is 5.18. The molecule has 1 N–H and O–H groups in total. The first kappa shape index (κ1) is 18.3. The van der Waals surface area contributed by atoms with E-state index < -0.39 is 10.0 Å². The number of ether oxygens (including phenoxy) is 1. The standard InChI is InChI=1S/C19H22N2O4S/c1-14-12-17(9-10-18(14)25-2)26(23,24)20-15-6-5-7-16(13-15)21-11-4-3-8-19(21)22/h5-7,9-10,12-13,20H,3-4,8,11H2,1-2H3. The number of aryl methyl sites for hydroxylation is 1. The SMILES string of the molecule is COc1ccc(S(=O)(=O)Nc2cccc(N3CCCCC3=O)c2)cc1C. The van der Waals surface area contributed by atoms with E-state index in [0.717, 1.165) is 18.4 Å². The first-order valence-electron chi connectivity index (χ1n) is 8.48. The summed E-state index contributed by atoms with van der Waals surface area (Å²) in [4.78, 5) is 14.0. The molecule has 1 aliphatic heterocycles. The van der Waals surface area contributed by atoms with Crippen LogP contribution in [0.3, 0.4) is 0 Å². The largest absolute Gasteiger partial charge is 0.496 e. The molecule has 7 heteroatoms. The van der Waals surface area contributed by atoms with Gasteiger partial charge in [-0.05, 0) is 61.7 Å². The maximum Gasteiger partial charge on any atom is 0.261 e. The summed E-state index contributed by atoms with van der Waals surface area (Å²) in [6.45, 7) is 2.45. The van der Waals surface area contributed by atoms with Gasteiger partial charge in [-0.2, -0.15) is 0 Å². The maximum atomic E-state index is 12.7. The summed E-state index contributed by atoms with van der Waals surface area (Å²) in [7, 11) is -2.19. The van der Waals surface area contributed by atoms with Crippen LogP contribution in [-0.2, 0) is 14.8 Å². The molecule has 1 fully saturated rings. The third-order valence-electron chi connectivity index (χ3n) is 4.41. The van der Waals surface area contributed by atoms with Gasteiger partial charge in [0, 0.05) is 18.7 Å². The highest BCUT2D eigenvalue weighted by Crippen LogP contribution is 2.26. The van der Waals surface area contributed by atoms with Gasteiger partial charge in [-0.25, -0.2) is 8.42 Å². The predicted molar refractivity (Wildman–Crippen MR) is 101 cm³/mol. The van der Waals surface area contributed by atoms with Crippen molar-refractivity contribution in [2.75, 3.05) is 23.3 Å². The Hall–Kier alpha value is -2.54. The molecule has 0 unspecified atom stereocenters. The van der Waals surface area contributed by atoms with Crippen LogP contribution in [0.5, 0.6) is 5.75 Å². The van der Waals surface area contributed by atoms with Crippen molar-refractivity contribution < 1.29 is 17.9 Å². The maximum absolute atomic E-state index is 12.7. The van der Waals surface area contributed by atoms with Gasteiger partial charge in [-0.1, -0.05) is 6.07 Å². The molecule has 1 amide bonds. The molecule has 0 atom stereocenters. The molecule has 6 nitrogen and oxygen atoms in total. The Balaban J connectivity index is 1.85. The smallest absolute Gasteiger partial charge is 0.261 e. The van der Waals surface area contributed by atoms with E-state index in [4.69, 9.17) is 4.74 Å². The first-order chi connectivity index (χ1) is 12.4. The van der Waals surface area contributed by atoms with Crippen LogP contribution in [-0.4, -0.2) is 28.0 Å². The second kappa shape index (κ2) is 7.37. The Morgan fingerprint density at radius 1 is 1.12 bits per heavy atom. The van der Waals surface area contributed by atoms with E-state index in [-0.39, 0.29) is 10.8 Å². The molecule has 0 spiro atoms. The quantitative estimate of drug-likeness (QED) is 0.871. The minimum atomic E-state index is -3.73. The fourth-order valence-electron chi connectivity index (χ4n) is 3.05. The zero-order chi connectivity index (χ0) is 18.7. The zero-order valence-electron chi connectivity index (χ0n) is 14.9. The van der Waals surface area contributed by atoms with E-state index >= 15 is 0 Å². The van der Waals surface area contributed by atoms with E-state index in [0.29, 0.717) is 30.1 Å². The summed E-state index contributed by atoms with van der Waals surface area (Å²) in [6, 6.07) is 11.6. The Bertz CT molecular complexity index is 925. The van der Waals surface area contributed by atoms with Gasteiger partial charge in [0.15, 0.2) is 0 Å². The van der Waals surface area contributed by atoms with Crippen molar-refractivity contribution in [3.8, 4) is 5.75 Å². The Labute approximate surface area is 153 Å². The number of sulfonamides is 1. The molecule has 26 heavy (non-hydrogen) atoms. The lowest BCUT2D eigenvalue weighted by atomic mass is 10.1. The Morgan fingerprint density at radius 3 is 2.62 bits per heavy atom. The number of hydrogen-bond acceptors (Lipinski definition) is 4.